The fourth-order valence-corrected chi connectivity index (χ4v) is 2.61. The number of rotatable bonds is 0. The molecule has 0 aliphatic carbocycles. The second kappa shape index (κ2) is 2.88. The van der Waals surface area contributed by atoms with E-state index in [1.165, 1.54) is 0 Å². The number of hydrogen-bond donors (Lipinski definition) is 1. The fraction of sp³-hybridized carbons (Fsp3) is 0.111. The van der Waals surface area contributed by atoms with E-state index in [-0.39, 0.29) is 0 Å². The minimum atomic E-state index is 0.438. The second-order valence-electron chi connectivity index (χ2n) is 2.65. The number of fused-ring (bicyclic) bond motifs is 1. The van der Waals surface area contributed by atoms with Gasteiger partial charge in [-0.1, -0.05) is 0 Å². The summed E-state index contributed by atoms with van der Waals surface area (Å²) in [6.07, 6.45) is 0. The Kier molecular flexibility index (Phi) is 2.00. The molecule has 0 saturated heterocycles. The van der Waals surface area contributed by atoms with Gasteiger partial charge in [0.25, 0.3) is 0 Å². The van der Waals surface area contributed by atoms with Gasteiger partial charge in [0.2, 0.25) is 0 Å². The van der Waals surface area contributed by atoms with E-state index in [2.05, 4.69) is 34.7 Å². The lowest BCUT2D eigenvalue weighted by Gasteiger charge is -1.91. The van der Waals surface area contributed by atoms with Gasteiger partial charge in [-0.25, -0.2) is 0 Å². The van der Waals surface area contributed by atoms with Crippen molar-refractivity contribution in [3.8, 4) is 5.75 Å². The molecule has 0 atom stereocenters. The molecule has 0 spiro atoms. The van der Waals surface area contributed by atoms with Crippen molar-refractivity contribution in [1.82, 2.24) is 0 Å². The van der Waals surface area contributed by atoms with Crippen LogP contribution in [0.2, 0.25) is 0 Å². The molecule has 2 aromatic rings. The molecule has 1 heterocycles. The van der Waals surface area contributed by atoms with E-state index >= 15 is 0 Å². The summed E-state index contributed by atoms with van der Waals surface area (Å²) in [6.45, 7) is 1.94. The predicted molar refractivity (Wildman–Crippen MR) is 60.9 cm³/mol. The number of aromatic hydroxyl groups is 1. The highest BCUT2D eigenvalue weighted by molar-refractivity contribution is 14.1. The van der Waals surface area contributed by atoms with Gasteiger partial charge in [0, 0.05) is 18.5 Å². The van der Waals surface area contributed by atoms with Crippen LogP contribution in [0.5, 0.6) is 5.75 Å². The minimum absolute atomic E-state index is 0.438. The zero-order chi connectivity index (χ0) is 8.72. The Hall–Kier alpha value is -0.290. The molecule has 12 heavy (non-hydrogen) atoms. The van der Waals surface area contributed by atoms with E-state index in [0.29, 0.717) is 5.75 Å². The van der Waals surface area contributed by atoms with Crippen LogP contribution in [0.25, 0.3) is 10.1 Å². The molecule has 0 fully saturated rings. The van der Waals surface area contributed by atoms with Gasteiger partial charge in [0.1, 0.15) is 5.75 Å². The van der Waals surface area contributed by atoms with Crippen LogP contribution < -0.4 is 0 Å². The second-order valence-corrected chi connectivity index (χ2v) is 5.15. The van der Waals surface area contributed by atoms with E-state index < -0.39 is 0 Å². The molecule has 3 heteroatoms. The van der Waals surface area contributed by atoms with Gasteiger partial charge in [0.15, 0.2) is 0 Å². The van der Waals surface area contributed by atoms with Crippen molar-refractivity contribution in [3.05, 3.63) is 26.6 Å². The molecular weight excluding hydrogens is 283 g/mol. The van der Waals surface area contributed by atoms with E-state index in [9.17, 15) is 5.11 Å². The molecular formula is C9H7IOS. The molecule has 0 aliphatic heterocycles. The first-order valence-electron chi connectivity index (χ1n) is 3.56. The monoisotopic (exact) mass is 290 g/mol. The van der Waals surface area contributed by atoms with Crippen LogP contribution in [0.3, 0.4) is 0 Å². The molecule has 0 bridgehead atoms. The summed E-state index contributed by atoms with van der Waals surface area (Å²) < 4.78 is 2.32. The topological polar surface area (TPSA) is 20.2 Å². The van der Waals surface area contributed by atoms with Gasteiger partial charge in [-0.2, -0.15) is 0 Å². The zero-order valence-electron chi connectivity index (χ0n) is 6.47. The maximum absolute atomic E-state index is 9.63. The number of thiophene rings is 1. The maximum Gasteiger partial charge on any atom is 0.137 e. The molecule has 0 amide bonds. The highest BCUT2D eigenvalue weighted by Crippen LogP contribution is 2.36. The van der Waals surface area contributed by atoms with Crippen LogP contribution in [0, 0.1) is 10.5 Å². The first-order chi connectivity index (χ1) is 5.68. The van der Waals surface area contributed by atoms with Crippen molar-refractivity contribution < 1.29 is 5.11 Å². The van der Waals surface area contributed by atoms with E-state index in [4.69, 9.17) is 0 Å². The van der Waals surface area contributed by atoms with Crippen molar-refractivity contribution in [2.24, 2.45) is 0 Å². The Bertz CT molecular complexity index is 433. The predicted octanol–water partition coefficient (Wildman–Crippen LogP) is 3.52. The van der Waals surface area contributed by atoms with Crippen LogP contribution in [0.15, 0.2) is 18.2 Å². The normalized spacial score (nSPS) is 10.8. The van der Waals surface area contributed by atoms with Gasteiger partial charge in [0.05, 0.1) is 0 Å². The number of benzene rings is 1. The van der Waals surface area contributed by atoms with Crippen LogP contribution >= 0.6 is 33.9 Å². The fourth-order valence-electron chi connectivity index (χ4n) is 1.18. The Balaban J connectivity index is 2.88. The minimum Gasteiger partial charge on any atom is -0.506 e. The summed E-state index contributed by atoms with van der Waals surface area (Å²) in [5.41, 5.74) is 0. The third kappa shape index (κ3) is 1.21. The molecule has 2 rings (SSSR count). The summed E-state index contributed by atoms with van der Waals surface area (Å²) in [6, 6.07) is 6.11. The summed E-state index contributed by atoms with van der Waals surface area (Å²) in [4.78, 5) is 0.993. The lowest BCUT2D eigenvalue weighted by Crippen LogP contribution is -1.68. The van der Waals surface area contributed by atoms with Crippen LogP contribution in [0.1, 0.15) is 4.88 Å². The van der Waals surface area contributed by atoms with E-state index in [1.807, 2.05) is 13.0 Å². The average molecular weight is 290 g/mol. The van der Waals surface area contributed by atoms with Crippen molar-refractivity contribution in [2.45, 2.75) is 6.92 Å². The van der Waals surface area contributed by atoms with Gasteiger partial charge < -0.3 is 5.11 Å². The van der Waals surface area contributed by atoms with Gasteiger partial charge in [-0.15, -0.1) is 11.3 Å². The maximum atomic E-state index is 9.63. The summed E-state index contributed by atoms with van der Waals surface area (Å²) in [5.74, 6) is 0.438. The van der Waals surface area contributed by atoms with Gasteiger partial charge in [-0.05, 0) is 47.7 Å². The molecule has 0 aliphatic rings. The molecule has 0 unspecified atom stereocenters. The highest BCUT2D eigenvalue weighted by atomic mass is 127. The van der Waals surface area contributed by atoms with Crippen LogP contribution in [-0.2, 0) is 0 Å². The molecule has 62 valence electrons. The van der Waals surface area contributed by atoms with Crippen LogP contribution in [0.4, 0.5) is 0 Å². The molecule has 1 N–H and O–H groups in total. The van der Waals surface area contributed by atoms with Crippen molar-refractivity contribution in [1.29, 1.82) is 0 Å². The van der Waals surface area contributed by atoms with Crippen molar-refractivity contribution in [2.75, 3.05) is 0 Å². The van der Waals surface area contributed by atoms with Gasteiger partial charge in [-0.3, -0.25) is 0 Å². The highest BCUT2D eigenvalue weighted by Gasteiger charge is 2.06. The van der Waals surface area contributed by atoms with Gasteiger partial charge >= 0.3 is 0 Å². The zero-order valence-corrected chi connectivity index (χ0v) is 9.44. The first kappa shape index (κ1) is 8.31. The summed E-state index contributed by atoms with van der Waals surface area (Å²) in [7, 11) is 0. The lowest BCUT2D eigenvalue weighted by molar-refractivity contribution is 0.480. The largest absolute Gasteiger partial charge is 0.506 e. The number of halogens is 1. The molecule has 0 radical (unpaired) electrons. The van der Waals surface area contributed by atoms with Crippen molar-refractivity contribution >= 4 is 44.0 Å². The molecule has 0 saturated carbocycles. The quantitative estimate of drug-likeness (QED) is 0.736. The molecule has 1 aromatic heterocycles. The van der Waals surface area contributed by atoms with Crippen molar-refractivity contribution in [3.63, 3.8) is 0 Å². The Morgan fingerprint density at radius 1 is 1.42 bits per heavy atom. The Morgan fingerprint density at radius 3 is 2.92 bits per heavy atom. The summed E-state index contributed by atoms with van der Waals surface area (Å²) >= 11 is 3.88. The number of aryl methyl sites for hydroxylation is 1. The SMILES string of the molecule is Cc1sc2ccc(I)cc2c1O. The average Bonchev–Trinajstić information content (AvgIpc) is 2.31. The smallest absolute Gasteiger partial charge is 0.137 e. The van der Waals surface area contributed by atoms with E-state index in [0.717, 1.165) is 18.5 Å². The lowest BCUT2D eigenvalue weighted by atomic mass is 10.2. The Labute approximate surface area is 88.2 Å². The molecule has 1 aromatic carbocycles. The third-order valence-electron chi connectivity index (χ3n) is 1.79. The Morgan fingerprint density at radius 2 is 2.17 bits per heavy atom. The standard InChI is InChI=1S/C9H7IOS/c1-5-9(11)7-4-6(10)2-3-8(7)12-5/h2-4,11H,1H3. The van der Waals surface area contributed by atoms with E-state index in [1.54, 1.807) is 11.3 Å². The molecule has 1 nitrogen and oxygen atoms in total. The summed E-state index contributed by atoms with van der Waals surface area (Å²) in [5, 5.41) is 10.6. The number of hydrogen-bond acceptors (Lipinski definition) is 2. The first-order valence-corrected chi connectivity index (χ1v) is 5.45. The third-order valence-corrected chi connectivity index (χ3v) is 3.54. The van der Waals surface area contributed by atoms with Crippen LogP contribution in [-0.4, -0.2) is 5.11 Å².